The largest absolute Gasteiger partial charge is 0.492 e. The van der Waals surface area contributed by atoms with Crippen LogP contribution < -0.4 is 10.5 Å². The topological polar surface area (TPSA) is 56.8 Å². The minimum Gasteiger partial charge on any atom is -0.492 e. The molecule has 5 heteroatoms. The fraction of sp³-hybridized carbons (Fsp3) is 0.364. The third-order valence-electron chi connectivity index (χ3n) is 2.28. The summed E-state index contributed by atoms with van der Waals surface area (Å²) in [5, 5.41) is 0.619. The molecule has 1 aliphatic heterocycles. The quantitative estimate of drug-likeness (QED) is 0.874. The molecule has 0 amide bonds. The number of para-hydroxylation sites is 1. The van der Waals surface area contributed by atoms with E-state index in [0.717, 1.165) is 6.42 Å². The Balaban J connectivity index is 1.78. The van der Waals surface area contributed by atoms with Gasteiger partial charge in [0.25, 0.3) is 6.02 Å². The predicted molar refractivity (Wildman–Crippen MR) is 62.9 cm³/mol. The van der Waals surface area contributed by atoms with Gasteiger partial charge in [-0.3, -0.25) is 0 Å². The van der Waals surface area contributed by atoms with Crippen molar-refractivity contribution in [3.8, 4) is 5.75 Å². The van der Waals surface area contributed by atoms with Crippen LogP contribution in [0.4, 0.5) is 0 Å². The lowest BCUT2D eigenvalue weighted by molar-refractivity contribution is 0.264. The predicted octanol–water partition coefficient (Wildman–Crippen LogP) is 1.82. The summed E-state index contributed by atoms with van der Waals surface area (Å²) in [6, 6.07) is 7.75. The molecule has 1 aromatic rings. The Hall–Kier alpha value is -1.42. The molecule has 0 saturated carbocycles. The molecule has 1 aliphatic rings. The zero-order valence-corrected chi connectivity index (χ0v) is 9.48. The van der Waals surface area contributed by atoms with Gasteiger partial charge >= 0.3 is 0 Å². The van der Waals surface area contributed by atoms with Gasteiger partial charge in [-0.2, -0.15) is 0 Å². The fourth-order valence-electron chi connectivity index (χ4n) is 1.45. The maximum atomic E-state index is 5.95. The van der Waals surface area contributed by atoms with E-state index in [0.29, 0.717) is 24.0 Å². The van der Waals surface area contributed by atoms with Gasteiger partial charge in [-0.15, -0.1) is 0 Å². The van der Waals surface area contributed by atoms with Gasteiger partial charge in [-0.1, -0.05) is 23.7 Å². The lowest BCUT2D eigenvalue weighted by atomic mass is 10.2. The molecule has 1 heterocycles. The third-order valence-corrected chi connectivity index (χ3v) is 2.59. The molecule has 0 radical (unpaired) electrons. The van der Waals surface area contributed by atoms with Crippen molar-refractivity contribution in [2.75, 3.05) is 13.2 Å². The van der Waals surface area contributed by atoms with E-state index in [9.17, 15) is 0 Å². The van der Waals surface area contributed by atoms with Crippen molar-refractivity contribution in [3.63, 3.8) is 0 Å². The Kier molecular flexibility index (Phi) is 3.51. The zero-order chi connectivity index (χ0) is 11.4. The summed E-state index contributed by atoms with van der Waals surface area (Å²) < 4.78 is 10.6. The first kappa shape index (κ1) is 11.1. The van der Waals surface area contributed by atoms with Gasteiger partial charge in [0.15, 0.2) is 0 Å². The first-order chi connectivity index (χ1) is 7.75. The van der Waals surface area contributed by atoms with Crippen LogP contribution in [0.25, 0.3) is 0 Å². The normalized spacial score (nSPS) is 19.1. The molecular weight excluding hydrogens is 228 g/mol. The summed E-state index contributed by atoms with van der Waals surface area (Å²) in [5.74, 6) is 0.694. The van der Waals surface area contributed by atoms with Crippen molar-refractivity contribution in [1.82, 2.24) is 0 Å². The molecule has 2 rings (SSSR count). The van der Waals surface area contributed by atoms with Crippen LogP contribution in [0.5, 0.6) is 5.75 Å². The van der Waals surface area contributed by atoms with Gasteiger partial charge in [0.1, 0.15) is 12.4 Å². The van der Waals surface area contributed by atoms with E-state index in [-0.39, 0.29) is 12.1 Å². The van der Waals surface area contributed by atoms with E-state index in [1.165, 1.54) is 0 Å². The molecule has 1 aromatic carbocycles. The Morgan fingerprint density at radius 3 is 3.00 bits per heavy atom. The maximum Gasteiger partial charge on any atom is 0.282 e. The molecule has 0 aromatic heterocycles. The minimum atomic E-state index is 0.0995. The van der Waals surface area contributed by atoms with Gasteiger partial charge < -0.3 is 15.2 Å². The van der Waals surface area contributed by atoms with E-state index in [4.69, 9.17) is 26.8 Å². The lowest BCUT2D eigenvalue weighted by Crippen LogP contribution is -2.12. The molecule has 2 N–H and O–H groups in total. The average Bonchev–Trinajstić information content (AvgIpc) is 2.67. The zero-order valence-electron chi connectivity index (χ0n) is 8.73. The van der Waals surface area contributed by atoms with Crippen LogP contribution in [0.15, 0.2) is 29.3 Å². The molecule has 16 heavy (non-hydrogen) atoms. The number of nitrogens with two attached hydrogens (primary N) is 1. The Bertz CT molecular complexity index is 395. The van der Waals surface area contributed by atoms with Crippen LogP contribution in [0.1, 0.15) is 6.42 Å². The molecule has 1 atom stereocenters. The highest BCUT2D eigenvalue weighted by Gasteiger charge is 2.16. The Morgan fingerprint density at radius 2 is 2.31 bits per heavy atom. The van der Waals surface area contributed by atoms with E-state index in [2.05, 4.69) is 4.99 Å². The second-order valence-electron chi connectivity index (χ2n) is 3.50. The number of hydrogen-bond donors (Lipinski definition) is 1. The van der Waals surface area contributed by atoms with Crippen molar-refractivity contribution in [2.24, 2.45) is 10.7 Å². The summed E-state index contributed by atoms with van der Waals surface area (Å²) in [6.07, 6.45) is 0.770. The Labute approximate surface area is 99.0 Å². The highest BCUT2D eigenvalue weighted by atomic mass is 35.5. The molecular formula is C11H13ClN2O2. The van der Waals surface area contributed by atoms with Crippen molar-refractivity contribution in [2.45, 2.75) is 12.5 Å². The van der Waals surface area contributed by atoms with E-state index < -0.39 is 0 Å². The van der Waals surface area contributed by atoms with Crippen LogP contribution >= 0.6 is 11.6 Å². The molecule has 0 aliphatic carbocycles. The van der Waals surface area contributed by atoms with Gasteiger partial charge in [0.2, 0.25) is 0 Å². The number of benzene rings is 1. The average molecular weight is 241 g/mol. The lowest BCUT2D eigenvalue weighted by Gasteiger charge is -2.08. The van der Waals surface area contributed by atoms with Gasteiger partial charge in [-0.05, 0) is 12.1 Å². The smallest absolute Gasteiger partial charge is 0.282 e. The summed E-state index contributed by atoms with van der Waals surface area (Å²) >= 11 is 5.95. The number of halogens is 1. The van der Waals surface area contributed by atoms with Crippen LogP contribution in [-0.4, -0.2) is 25.3 Å². The van der Waals surface area contributed by atoms with Crippen LogP contribution in [-0.2, 0) is 4.74 Å². The first-order valence-electron chi connectivity index (χ1n) is 5.09. The van der Waals surface area contributed by atoms with Crippen molar-refractivity contribution >= 4 is 17.6 Å². The fourth-order valence-corrected chi connectivity index (χ4v) is 1.64. The number of aliphatic imine (C=N–C) groups is 1. The molecule has 0 unspecified atom stereocenters. The first-order valence-corrected chi connectivity index (χ1v) is 5.47. The SMILES string of the molecule is NC1=N[C@@H](CCOc2ccccc2Cl)CO1. The van der Waals surface area contributed by atoms with Crippen LogP contribution in [0, 0.1) is 0 Å². The van der Waals surface area contributed by atoms with Crippen LogP contribution in [0.3, 0.4) is 0 Å². The highest BCUT2D eigenvalue weighted by Crippen LogP contribution is 2.23. The standard InChI is InChI=1S/C11H13ClN2O2/c12-9-3-1-2-4-10(9)15-6-5-8-7-16-11(13)14-8/h1-4,8H,5-7H2,(H2,13,14)/t8-/m0/s1. The molecule has 0 bridgehead atoms. The number of amidine groups is 1. The van der Waals surface area contributed by atoms with Crippen molar-refractivity contribution in [3.05, 3.63) is 29.3 Å². The number of hydrogen-bond acceptors (Lipinski definition) is 4. The monoisotopic (exact) mass is 240 g/mol. The van der Waals surface area contributed by atoms with Crippen molar-refractivity contribution < 1.29 is 9.47 Å². The number of nitrogens with zero attached hydrogens (tertiary/aromatic N) is 1. The van der Waals surface area contributed by atoms with Crippen molar-refractivity contribution in [1.29, 1.82) is 0 Å². The molecule has 0 saturated heterocycles. The Morgan fingerprint density at radius 1 is 1.50 bits per heavy atom. The highest BCUT2D eigenvalue weighted by molar-refractivity contribution is 6.32. The molecule has 0 spiro atoms. The van der Waals surface area contributed by atoms with Crippen LogP contribution in [0.2, 0.25) is 5.02 Å². The van der Waals surface area contributed by atoms with E-state index >= 15 is 0 Å². The summed E-state index contributed by atoms with van der Waals surface area (Å²) in [7, 11) is 0. The summed E-state index contributed by atoms with van der Waals surface area (Å²) in [6.45, 7) is 1.09. The van der Waals surface area contributed by atoms with E-state index in [1.807, 2.05) is 18.2 Å². The molecule has 0 fully saturated rings. The van der Waals surface area contributed by atoms with Gasteiger partial charge in [-0.25, -0.2) is 4.99 Å². The van der Waals surface area contributed by atoms with Gasteiger partial charge in [0, 0.05) is 6.42 Å². The summed E-state index contributed by atoms with van der Waals surface area (Å²) in [5.41, 5.74) is 5.40. The second kappa shape index (κ2) is 5.07. The maximum absolute atomic E-state index is 5.95. The van der Waals surface area contributed by atoms with E-state index in [1.54, 1.807) is 6.07 Å². The minimum absolute atomic E-state index is 0.0995. The molecule has 86 valence electrons. The second-order valence-corrected chi connectivity index (χ2v) is 3.91. The van der Waals surface area contributed by atoms with Gasteiger partial charge in [0.05, 0.1) is 17.7 Å². The summed E-state index contributed by atoms with van der Waals surface area (Å²) in [4.78, 5) is 4.10. The third kappa shape index (κ3) is 2.79. The number of ether oxygens (including phenoxy) is 2. The molecule has 4 nitrogen and oxygen atoms in total. The number of rotatable bonds is 4.